The minimum Gasteiger partial charge on any atom is -0.344 e. The molecule has 0 radical (unpaired) electrons. The van der Waals surface area contributed by atoms with Crippen molar-refractivity contribution in [1.29, 1.82) is 0 Å². The van der Waals surface area contributed by atoms with Crippen molar-refractivity contribution in [2.45, 2.75) is 45.4 Å². The first-order valence-electron chi connectivity index (χ1n) is 8.85. The smallest absolute Gasteiger partial charge is 0.226 e. The molecule has 5 nitrogen and oxygen atoms in total. The second-order valence-corrected chi connectivity index (χ2v) is 7.98. The van der Waals surface area contributed by atoms with E-state index in [4.69, 9.17) is 0 Å². The normalized spacial score (nSPS) is 20.5. The van der Waals surface area contributed by atoms with Crippen molar-refractivity contribution in [3.05, 3.63) is 45.7 Å². The van der Waals surface area contributed by atoms with Gasteiger partial charge in [0, 0.05) is 49.5 Å². The Balaban J connectivity index is 1.59. The van der Waals surface area contributed by atoms with Crippen LogP contribution in [0.2, 0.25) is 0 Å². The third-order valence-corrected chi connectivity index (χ3v) is 5.83. The van der Waals surface area contributed by atoms with E-state index in [2.05, 4.69) is 14.9 Å². The van der Waals surface area contributed by atoms with Crippen LogP contribution < -0.4 is 0 Å². The summed E-state index contributed by atoms with van der Waals surface area (Å²) >= 11 is 1.61. The van der Waals surface area contributed by atoms with Crippen LogP contribution in [0.1, 0.15) is 28.2 Å². The first-order valence-corrected chi connectivity index (χ1v) is 9.73. The van der Waals surface area contributed by atoms with E-state index >= 15 is 0 Å². The number of aryl methyl sites for hydroxylation is 2. The number of thiazole rings is 1. The van der Waals surface area contributed by atoms with Crippen LogP contribution in [-0.2, 0) is 17.8 Å². The number of carbonyl (C=O) groups excluding carboxylic acids is 1. The molecule has 0 unspecified atom stereocenters. The molecular formula is C19H25FN4OS. The summed E-state index contributed by atoms with van der Waals surface area (Å²) in [6, 6.07) is 3.88. The summed E-state index contributed by atoms with van der Waals surface area (Å²) in [7, 11) is 1.80. The summed E-state index contributed by atoms with van der Waals surface area (Å²) < 4.78 is 14.0. The third kappa shape index (κ3) is 4.65. The maximum absolute atomic E-state index is 14.0. The molecule has 0 bridgehead atoms. The van der Waals surface area contributed by atoms with Gasteiger partial charge in [0.1, 0.15) is 6.17 Å². The molecule has 1 saturated heterocycles. The summed E-state index contributed by atoms with van der Waals surface area (Å²) in [4.78, 5) is 26.1. The lowest BCUT2D eigenvalue weighted by atomic mass is 10.1. The van der Waals surface area contributed by atoms with Gasteiger partial charge >= 0.3 is 0 Å². The summed E-state index contributed by atoms with van der Waals surface area (Å²) in [5.41, 5.74) is 4.67. The van der Waals surface area contributed by atoms with Crippen LogP contribution in [0.15, 0.2) is 23.8 Å². The predicted octanol–water partition coefficient (Wildman–Crippen LogP) is 2.77. The Labute approximate surface area is 157 Å². The van der Waals surface area contributed by atoms with E-state index in [0.29, 0.717) is 32.5 Å². The number of likely N-dealkylation sites (tertiary alicyclic amines) is 1. The van der Waals surface area contributed by atoms with Crippen molar-refractivity contribution in [2.24, 2.45) is 0 Å². The first kappa shape index (κ1) is 18.9. The third-order valence-electron chi connectivity index (χ3n) is 4.91. The number of amides is 1. The Kier molecular flexibility index (Phi) is 5.98. The van der Waals surface area contributed by atoms with Gasteiger partial charge in [0.15, 0.2) is 0 Å². The highest BCUT2D eigenvalue weighted by atomic mass is 32.1. The number of likely N-dealkylation sites (N-methyl/N-ethyl adjacent to an activating group) is 1. The Hall–Kier alpha value is -1.86. The number of rotatable bonds is 6. The van der Waals surface area contributed by atoms with Crippen LogP contribution in [0, 0.1) is 13.8 Å². The maximum Gasteiger partial charge on any atom is 0.226 e. The van der Waals surface area contributed by atoms with E-state index in [-0.39, 0.29) is 11.9 Å². The lowest BCUT2D eigenvalue weighted by molar-refractivity contribution is -0.129. The number of alkyl halides is 1. The number of halogens is 1. The molecule has 2 atom stereocenters. The molecule has 0 spiro atoms. The Morgan fingerprint density at radius 3 is 2.85 bits per heavy atom. The van der Waals surface area contributed by atoms with Gasteiger partial charge in [-0.3, -0.25) is 14.7 Å². The monoisotopic (exact) mass is 376 g/mol. The number of nitrogens with zero attached hydrogens (tertiary/aromatic N) is 4. The van der Waals surface area contributed by atoms with Gasteiger partial charge in [0.2, 0.25) is 5.91 Å². The molecular weight excluding hydrogens is 351 g/mol. The summed E-state index contributed by atoms with van der Waals surface area (Å²) in [5.74, 6) is 0.0342. The van der Waals surface area contributed by atoms with Crippen molar-refractivity contribution in [3.63, 3.8) is 0 Å². The van der Waals surface area contributed by atoms with Gasteiger partial charge in [0.25, 0.3) is 0 Å². The number of hydrogen-bond donors (Lipinski definition) is 0. The van der Waals surface area contributed by atoms with Gasteiger partial charge in [-0.25, -0.2) is 9.37 Å². The van der Waals surface area contributed by atoms with Crippen molar-refractivity contribution in [1.82, 2.24) is 19.8 Å². The van der Waals surface area contributed by atoms with E-state index in [1.807, 2.05) is 31.5 Å². The van der Waals surface area contributed by atoms with Crippen LogP contribution in [0.5, 0.6) is 0 Å². The summed E-state index contributed by atoms with van der Waals surface area (Å²) in [5, 5.41) is 0. The number of hydrogen-bond acceptors (Lipinski definition) is 5. The summed E-state index contributed by atoms with van der Waals surface area (Å²) in [6.07, 6.45) is 1.70. The van der Waals surface area contributed by atoms with Gasteiger partial charge in [-0.1, -0.05) is 6.07 Å². The zero-order valence-corrected chi connectivity index (χ0v) is 16.3. The zero-order valence-electron chi connectivity index (χ0n) is 15.5. The number of carbonyl (C=O) groups is 1. The van der Waals surface area contributed by atoms with Crippen molar-refractivity contribution >= 4 is 17.2 Å². The molecule has 2 aromatic rings. The molecule has 0 aliphatic carbocycles. The molecule has 26 heavy (non-hydrogen) atoms. The molecule has 1 fully saturated rings. The van der Waals surface area contributed by atoms with Gasteiger partial charge in [0.05, 0.1) is 17.6 Å². The lowest BCUT2D eigenvalue weighted by Crippen LogP contribution is -2.41. The van der Waals surface area contributed by atoms with Crippen LogP contribution in [0.3, 0.4) is 0 Å². The second kappa shape index (κ2) is 8.22. The van der Waals surface area contributed by atoms with Crippen LogP contribution in [0.25, 0.3) is 0 Å². The fourth-order valence-corrected chi connectivity index (χ4v) is 4.10. The zero-order chi connectivity index (χ0) is 18.7. The standard InChI is InChI=1S/C19H25FN4OS/c1-13-4-5-15(8-21-13)6-19(25)23(3)10-17-7-16(20)9-24(17)11-18-14(2)22-12-26-18/h4-5,8,12,16-17H,6-7,9-11H2,1-3H3/t16-,17-/m0/s1. The van der Waals surface area contributed by atoms with E-state index in [1.54, 1.807) is 29.5 Å². The summed E-state index contributed by atoms with van der Waals surface area (Å²) in [6.45, 7) is 5.56. The first-order chi connectivity index (χ1) is 12.4. The van der Waals surface area contributed by atoms with E-state index in [0.717, 1.165) is 17.0 Å². The van der Waals surface area contributed by atoms with Crippen LogP contribution in [0.4, 0.5) is 4.39 Å². The van der Waals surface area contributed by atoms with E-state index < -0.39 is 6.17 Å². The van der Waals surface area contributed by atoms with Gasteiger partial charge in [-0.2, -0.15) is 0 Å². The fraction of sp³-hybridized carbons (Fsp3) is 0.526. The fourth-order valence-electron chi connectivity index (χ4n) is 3.30. The van der Waals surface area contributed by atoms with Crippen molar-refractivity contribution in [2.75, 3.05) is 20.1 Å². The van der Waals surface area contributed by atoms with Crippen LogP contribution >= 0.6 is 11.3 Å². The lowest BCUT2D eigenvalue weighted by Gasteiger charge is -2.28. The molecule has 2 aromatic heterocycles. The van der Waals surface area contributed by atoms with Gasteiger partial charge in [-0.05, 0) is 31.9 Å². The second-order valence-electron chi connectivity index (χ2n) is 7.04. The average molecular weight is 377 g/mol. The molecule has 0 saturated carbocycles. The van der Waals surface area contributed by atoms with Gasteiger partial charge in [-0.15, -0.1) is 11.3 Å². The largest absolute Gasteiger partial charge is 0.344 e. The molecule has 0 aromatic carbocycles. The molecule has 1 amide bonds. The molecule has 3 heterocycles. The predicted molar refractivity (Wildman–Crippen MR) is 101 cm³/mol. The molecule has 1 aliphatic rings. The Morgan fingerprint density at radius 2 is 2.19 bits per heavy atom. The van der Waals surface area contributed by atoms with Crippen LogP contribution in [-0.4, -0.2) is 58.0 Å². The molecule has 3 rings (SSSR count). The minimum absolute atomic E-state index is 0.0342. The average Bonchev–Trinajstić information content (AvgIpc) is 3.15. The number of pyridine rings is 1. The molecule has 7 heteroatoms. The quantitative estimate of drug-likeness (QED) is 0.778. The van der Waals surface area contributed by atoms with E-state index in [1.165, 1.54) is 4.88 Å². The molecule has 140 valence electrons. The topological polar surface area (TPSA) is 49.3 Å². The maximum atomic E-state index is 14.0. The SMILES string of the molecule is Cc1ccc(CC(=O)N(C)C[C@@H]2C[C@H](F)CN2Cc2scnc2C)cn1. The molecule has 1 aliphatic heterocycles. The highest BCUT2D eigenvalue weighted by molar-refractivity contribution is 7.09. The highest BCUT2D eigenvalue weighted by Crippen LogP contribution is 2.25. The Bertz CT molecular complexity index is 748. The molecule has 0 N–H and O–H groups in total. The Morgan fingerprint density at radius 1 is 1.38 bits per heavy atom. The number of aromatic nitrogens is 2. The minimum atomic E-state index is -0.835. The van der Waals surface area contributed by atoms with Crippen molar-refractivity contribution in [3.8, 4) is 0 Å². The van der Waals surface area contributed by atoms with Crippen molar-refractivity contribution < 1.29 is 9.18 Å². The highest BCUT2D eigenvalue weighted by Gasteiger charge is 2.33. The van der Waals surface area contributed by atoms with Gasteiger partial charge < -0.3 is 4.90 Å². The van der Waals surface area contributed by atoms with E-state index in [9.17, 15) is 9.18 Å².